The van der Waals surface area contributed by atoms with Gasteiger partial charge in [0, 0.05) is 47.4 Å². The molecule has 29 heavy (non-hydrogen) atoms. The highest BCUT2D eigenvalue weighted by Crippen LogP contribution is 2.41. The van der Waals surface area contributed by atoms with Gasteiger partial charge < -0.3 is 9.72 Å². The van der Waals surface area contributed by atoms with E-state index in [1.54, 1.807) is 31.1 Å². The van der Waals surface area contributed by atoms with Crippen LogP contribution < -0.4 is 4.74 Å². The number of methoxy groups -OCH3 is 1. The first-order valence-electron chi connectivity index (χ1n) is 9.01. The van der Waals surface area contributed by atoms with Gasteiger partial charge in [-0.05, 0) is 30.7 Å². The van der Waals surface area contributed by atoms with Crippen LogP contribution in [0.25, 0.3) is 22.2 Å². The molecule has 8 heteroatoms. The van der Waals surface area contributed by atoms with Gasteiger partial charge in [-0.2, -0.15) is 5.10 Å². The van der Waals surface area contributed by atoms with Crippen molar-refractivity contribution in [1.82, 2.24) is 19.7 Å². The molecular formula is C21H19Cl2FN4O. The van der Waals surface area contributed by atoms with Gasteiger partial charge in [0.05, 0.1) is 17.8 Å². The lowest BCUT2D eigenvalue weighted by Crippen LogP contribution is -2.02. The normalized spacial score (nSPS) is 12.5. The Hall–Kier alpha value is -2.57. The van der Waals surface area contributed by atoms with Gasteiger partial charge in [0.25, 0.3) is 0 Å². The lowest BCUT2D eigenvalue weighted by Gasteiger charge is -2.17. The Balaban J connectivity index is 1.89. The van der Waals surface area contributed by atoms with Crippen LogP contribution in [-0.4, -0.2) is 26.9 Å². The number of fused-ring (bicyclic) bond motifs is 1. The molecule has 1 atom stereocenters. The van der Waals surface area contributed by atoms with Crippen LogP contribution in [0.3, 0.4) is 0 Å². The zero-order chi connectivity index (χ0) is 20.9. The number of nitrogens with one attached hydrogen (secondary N) is 1. The van der Waals surface area contributed by atoms with E-state index >= 15 is 0 Å². The van der Waals surface area contributed by atoms with Crippen molar-refractivity contribution >= 4 is 34.2 Å². The highest BCUT2D eigenvalue weighted by atomic mass is 35.5. The highest BCUT2D eigenvalue weighted by Gasteiger charge is 2.23. The topological polar surface area (TPSA) is 55.7 Å². The maximum Gasteiger partial charge on any atom is 0.142 e. The zero-order valence-corrected chi connectivity index (χ0v) is 17.9. The van der Waals surface area contributed by atoms with Gasteiger partial charge in [0.15, 0.2) is 0 Å². The zero-order valence-electron chi connectivity index (χ0n) is 16.3. The Bertz CT molecular complexity index is 1230. The third kappa shape index (κ3) is 3.16. The molecule has 4 rings (SSSR count). The predicted molar refractivity (Wildman–Crippen MR) is 114 cm³/mol. The standard InChI is InChI=1S/C21H19Cl2FN4O/c1-10(17-16(29-4)6-5-15(24)19(17)22)14-9-26-21-13(14)7-12(8-25-21)18-11(2)27-28(3)20(18)23/h5-10H,1-4H3,(H,25,26)/t10-/m0/s1. The summed E-state index contributed by atoms with van der Waals surface area (Å²) < 4.78 is 21.2. The molecule has 0 spiro atoms. The minimum atomic E-state index is -0.481. The summed E-state index contributed by atoms with van der Waals surface area (Å²) in [5, 5.41) is 5.88. The number of ether oxygens (including phenoxy) is 1. The molecule has 5 nitrogen and oxygen atoms in total. The molecule has 3 aromatic heterocycles. The number of halogens is 3. The SMILES string of the molecule is COc1ccc(F)c(Cl)c1[C@@H](C)c1c[nH]c2ncc(-c3c(C)nn(C)c3Cl)cc12. The van der Waals surface area contributed by atoms with Gasteiger partial charge in [-0.1, -0.05) is 30.1 Å². The van der Waals surface area contributed by atoms with Crippen LogP contribution >= 0.6 is 23.2 Å². The second-order valence-corrected chi connectivity index (χ2v) is 7.67. The monoisotopic (exact) mass is 432 g/mol. The summed E-state index contributed by atoms with van der Waals surface area (Å²) in [6.45, 7) is 3.87. The second kappa shape index (κ2) is 7.35. The molecule has 0 aliphatic heterocycles. The third-order valence-corrected chi connectivity index (χ3v) is 6.03. The maximum atomic E-state index is 14.2. The largest absolute Gasteiger partial charge is 0.496 e. The molecule has 0 amide bonds. The van der Waals surface area contributed by atoms with Crippen molar-refractivity contribution in [2.75, 3.05) is 7.11 Å². The summed E-state index contributed by atoms with van der Waals surface area (Å²) in [6.07, 6.45) is 3.63. The van der Waals surface area contributed by atoms with Crippen molar-refractivity contribution in [3.63, 3.8) is 0 Å². The van der Waals surface area contributed by atoms with E-state index in [1.165, 1.54) is 6.07 Å². The summed E-state index contributed by atoms with van der Waals surface area (Å²) in [5.74, 6) is -0.177. The first-order chi connectivity index (χ1) is 13.8. The van der Waals surface area contributed by atoms with Crippen LogP contribution in [0.4, 0.5) is 4.39 Å². The van der Waals surface area contributed by atoms with E-state index in [2.05, 4.69) is 15.1 Å². The molecule has 0 saturated carbocycles. The first-order valence-corrected chi connectivity index (χ1v) is 9.77. The Morgan fingerprint density at radius 1 is 1.28 bits per heavy atom. The van der Waals surface area contributed by atoms with Gasteiger partial charge in [-0.25, -0.2) is 9.37 Å². The molecular weight excluding hydrogens is 414 g/mol. The summed E-state index contributed by atoms with van der Waals surface area (Å²) in [6, 6.07) is 4.91. The molecule has 1 aromatic carbocycles. The quantitative estimate of drug-likeness (QED) is 0.438. The number of hydrogen-bond donors (Lipinski definition) is 1. The van der Waals surface area contributed by atoms with E-state index in [0.29, 0.717) is 16.5 Å². The van der Waals surface area contributed by atoms with Crippen molar-refractivity contribution in [1.29, 1.82) is 0 Å². The van der Waals surface area contributed by atoms with Crippen molar-refractivity contribution in [2.24, 2.45) is 7.05 Å². The molecule has 0 fully saturated rings. The minimum absolute atomic E-state index is 0.0569. The van der Waals surface area contributed by atoms with E-state index in [-0.39, 0.29) is 10.9 Å². The lowest BCUT2D eigenvalue weighted by atomic mass is 9.91. The molecule has 150 valence electrons. The van der Waals surface area contributed by atoms with Crippen molar-refractivity contribution in [2.45, 2.75) is 19.8 Å². The summed E-state index contributed by atoms with van der Waals surface area (Å²) in [7, 11) is 3.34. The average Bonchev–Trinajstić information content (AvgIpc) is 3.23. The molecule has 0 radical (unpaired) electrons. The number of aryl methyl sites for hydroxylation is 2. The molecule has 0 aliphatic rings. The van der Waals surface area contributed by atoms with E-state index in [1.807, 2.05) is 26.1 Å². The number of nitrogens with zero attached hydrogens (tertiary/aromatic N) is 3. The Morgan fingerprint density at radius 3 is 2.69 bits per heavy atom. The van der Waals surface area contributed by atoms with Crippen molar-refractivity contribution < 1.29 is 9.13 Å². The summed E-state index contributed by atoms with van der Waals surface area (Å²) in [4.78, 5) is 7.72. The fraction of sp³-hybridized carbons (Fsp3) is 0.238. The summed E-state index contributed by atoms with van der Waals surface area (Å²) in [5.41, 5.74) is 4.76. The van der Waals surface area contributed by atoms with Crippen LogP contribution in [0, 0.1) is 12.7 Å². The summed E-state index contributed by atoms with van der Waals surface area (Å²) >= 11 is 12.7. The fourth-order valence-corrected chi connectivity index (χ4v) is 4.37. The Morgan fingerprint density at radius 2 is 2.03 bits per heavy atom. The van der Waals surface area contributed by atoms with Gasteiger partial charge in [0.1, 0.15) is 22.4 Å². The number of aromatic nitrogens is 4. The van der Waals surface area contributed by atoms with Crippen LogP contribution in [0.5, 0.6) is 5.75 Å². The first kappa shape index (κ1) is 19.7. The van der Waals surface area contributed by atoms with Gasteiger partial charge >= 0.3 is 0 Å². The van der Waals surface area contributed by atoms with Crippen LogP contribution in [0.1, 0.15) is 29.7 Å². The lowest BCUT2D eigenvalue weighted by molar-refractivity contribution is 0.407. The Labute approximate surface area is 177 Å². The molecule has 1 N–H and O–H groups in total. The predicted octanol–water partition coefficient (Wildman–Crippen LogP) is 5.88. The molecule has 4 aromatic rings. The molecule has 0 bridgehead atoms. The van der Waals surface area contributed by atoms with Crippen LogP contribution in [0.15, 0.2) is 30.6 Å². The molecule has 0 unspecified atom stereocenters. The van der Waals surface area contributed by atoms with Gasteiger partial charge in [-0.15, -0.1) is 0 Å². The van der Waals surface area contributed by atoms with Crippen LogP contribution in [-0.2, 0) is 7.05 Å². The smallest absolute Gasteiger partial charge is 0.142 e. The molecule has 3 heterocycles. The van der Waals surface area contributed by atoms with E-state index in [9.17, 15) is 4.39 Å². The van der Waals surface area contributed by atoms with Gasteiger partial charge in [-0.3, -0.25) is 4.68 Å². The fourth-order valence-electron chi connectivity index (χ4n) is 3.76. The number of rotatable bonds is 4. The van der Waals surface area contributed by atoms with Crippen molar-refractivity contribution in [3.8, 4) is 16.9 Å². The van der Waals surface area contributed by atoms with E-state index in [4.69, 9.17) is 27.9 Å². The number of hydrogen-bond acceptors (Lipinski definition) is 3. The average molecular weight is 433 g/mol. The highest BCUT2D eigenvalue weighted by molar-refractivity contribution is 6.32. The number of aromatic amines is 1. The number of pyridine rings is 1. The van der Waals surface area contributed by atoms with E-state index < -0.39 is 5.82 Å². The number of H-pyrrole nitrogens is 1. The Kier molecular flexibility index (Phi) is 5.00. The molecule has 0 saturated heterocycles. The van der Waals surface area contributed by atoms with Crippen LogP contribution in [0.2, 0.25) is 10.2 Å². The van der Waals surface area contributed by atoms with Gasteiger partial charge in [0.2, 0.25) is 0 Å². The third-order valence-electron chi connectivity index (χ3n) is 5.22. The second-order valence-electron chi connectivity index (χ2n) is 6.94. The molecule has 0 aliphatic carbocycles. The minimum Gasteiger partial charge on any atom is -0.496 e. The van der Waals surface area contributed by atoms with Crippen molar-refractivity contribution in [3.05, 3.63) is 63.4 Å². The van der Waals surface area contributed by atoms with E-state index in [0.717, 1.165) is 33.4 Å². The maximum absolute atomic E-state index is 14.2. The number of benzene rings is 1.